The van der Waals surface area contributed by atoms with E-state index >= 15 is 0 Å². The highest BCUT2D eigenvalue weighted by molar-refractivity contribution is 6.20. The molecule has 1 aliphatic heterocycles. The van der Waals surface area contributed by atoms with Crippen LogP contribution >= 0.6 is 0 Å². The number of terminal acetylenes is 1. The van der Waals surface area contributed by atoms with Crippen LogP contribution in [0.25, 0.3) is 10.9 Å². The number of hydrogen-bond donors (Lipinski definition) is 1. The largest absolute Gasteiger partial charge is 0.444 e. The van der Waals surface area contributed by atoms with Crippen molar-refractivity contribution in [3.8, 4) is 12.3 Å². The molecule has 37 heavy (non-hydrogen) atoms. The number of nitrogens with zero attached hydrogens (tertiary/aromatic N) is 2. The van der Waals surface area contributed by atoms with E-state index in [1.165, 1.54) is 0 Å². The summed E-state index contributed by atoms with van der Waals surface area (Å²) in [5.74, 6) is 2.74. The van der Waals surface area contributed by atoms with E-state index in [2.05, 4.69) is 48.7 Å². The molecule has 0 bridgehead atoms. The maximum Gasteiger partial charge on any atom is 0.410 e. The Balaban J connectivity index is 1.51. The molecule has 1 aliphatic carbocycles. The second kappa shape index (κ2) is 8.69. The number of aryl methyl sites for hydroxylation is 1. The van der Waals surface area contributed by atoms with Gasteiger partial charge in [-0.1, -0.05) is 32.8 Å². The van der Waals surface area contributed by atoms with E-state index in [4.69, 9.17) is 11.2 Å². The van der Waals surface area contributed by atoms with Crippen molar-refractivity contribution in [2.45, 2.75) is 59.0 Å². The number of aromatic amines is 1. The number of hydrogen-bond acceptors (Lipinski definition) is 4. The zero-order valence-corrected chi connectivity index (χ0v) is 22.6. The third-order valence-corrected chi connectivity index (χ3v) is 7.61. The molecule has 2 aliphatic rings. The van der Waals surface area contributed by atoms with E-state index in [0.29, 0.717) is 26.2 Å². The normalized spacial score (nSPS) is 16.8. The Morgan fingerprint density at radius 1 is 1.14 bits per heavy atom. The number of carbonyl (C=O) groups excluding carboxylic acids is 2. The van der Waals surface area contributed by atoms with Gasteiger partial charge in [-0.05, 0) is 62.6 Å². The summed E-state index contributed by atoms with van der Waals surface area (Å²) in [4.78, 5) is 34.1. The topological polar surface area (TPSA) is 65.6 Å². The van der Waals surface area contributed by atoms with E-state index in [1.807, 2.05) is 39.0 Å². The van der Waals surface area contributed by atoms with Crippen LogP contribution in [0, 0.1) is 12.3 Å². The number of rotatable bonds is 2. The quantitative estimate of drug-likeness (QED) is 0.466. The van der Waals surface area contributed by atoms with Gasteiger partial charge in [-0.25, -0.2) is 4.79 Å². The number of piperazine rings is 1. The minimum absolute atomic E-state index is 0.0556. The first-order chi connectivity index (χ1) is 17.4. The number of aromatic nitrogens is 1. The Hall–Kier alpha value is -3.72. The Labute approximate surface area is 219 Å². The van der Waals surface area contributed by atoms with Crippen LogP contribution in [0.2, 0.25) is 0 Å². The van der Waals surface area contributed by atoms with Crippen LogP contribution in [0.3, 0.4) is 0 Å². The molecule has 0 unspecified atom stereocenters. The fourth-order valence-corrected chi connectivity index (χ4v) is 5.63. The Morgan fingerprint density at radius 3 is 2.46 bits per heavy atom. The molecule has 0 saturated carbocycles. The van der Waals surface area contributed by atoms with E-state index < -0.39 is 11.0 Å². The molecular formula is C31H35N3O3. The lowest BCUT2D eigenvalue weighted by atomic mass is 9.70. The van der Waals surface area contributed by atoms with E-state index in [-0.39, 0.29) is 11.9 Å². The molecule has 192 valence electrons. The van der Waals surface area contributed by atoms with E-state index in [1.54, 1.807) is 4.90 Å². The number of ketones is 1. The van der Waals surface area contributed by atoms with Gasteiger partial charge in [0.1, 0.15) is 5.60 Å². The number of amides is 1. The Bertz CT molecular complexity index is 1460. The maximum absolute atomic E-state index is 13.9. The first-order valence-electron chi connectivity index (χ1n) is 13.0. The van der Waals surface area contributed by atoms with E-state index in [9.17, 15) is 9.59 Å². The number of benzene rings is 2. The standard InChI is InChI=1S/C31H35N3O3/c1-8-19-10-11-21-24(16-19)32-28-26(21)27(35)22-17-20(9-2)25(18-23(22)31(28,6)7)33-12-14-34(15-13-33)29(36)37-30(3,4)5/h1,10-11,16-18,32H,9,12-15H2,2-7H3. The van der Waals surface area contributed by atoms with Gasteiger partial charge < -0.3 is 19.5 Å². The molecule has 2 heterocycles. The van der Waals surface area contributed by atoms with Crippen molar-refractivity contribution in [2.75, 3.05) is 31.1 Å². The molecule has 3 aromatic rings. The monoisotopic (exact) mass is 497 g/mol. The lowest BCUT2D eigenvalue weighted by Crippen LogP contribution is -2.50. The molecule has 2 aromatic carbocycles. The van der Waals surface area contributed by atoms with Crippen molar-refractivity contribution in [2.24, 2.45) is 0 Å². The minimum Gasteiger partial charge on any atom is -0.444 e. The lowest BCUT2D eigenvalue weighted by Gasteiger charge is -2.39. The molecule has 1 saturated heterocycles. The van der Waals surface area contributed by atoms with Gasteiger partial charge in [0, 0.05) is 65.0 Å². The predicted molar refractivity (Wildman–Crippen MR) is 148 cm³/mol. The number of fused-ring (bicyclic) bond motifs is 4. The average Bonchev–Trinajstić information content (AvgIpc) is 3.26. The van der Waals surface area contributed by atoms with Gasteiger partial charge >= 0.3 is 6.09 Å². The highest BCUT2D eigenvalue weighted by Gasteiger charge is 2.40. The van der Waals surface area contributed by atoms with Gasteiger partial charge in [-0.2, -0.15) is 0 Å². The number of anilines is 1. The van der Waals surface area contributed by atoms with Crippen LogP contribution in [0.4, 0.5) is 10.5 Å². The molecule has 1 fully saturated rings. The van der Waals surface area contributed by atoms with Gasteiger partial charge in [0.25, 0.3) is 0 Å². The molecule has 0 spiro atoms. The number of carbonyl (C=O) groups is 2. The van der Waals surface area contributed by atoms with Crippen LogP contribution in [-0.2, 0) is 16.6 Å². The van der Waals surface area contributed by atoms with Gasteiger partial charge in [0.15, 0.2) is 5.78 Å². The van der Waals surface area contributed by atoms with Crippen LogP contribution in [0.15, 0.2) is 30.3 Å². The van der Waals surface area contributed by atoms with Gasteiger partial charge in [-0.15, -0.1) is 6.42 Å². The fraction of sp³-hybridized carbons (Fsp3) is 0.419. The van der Waals surface area contributed by atoms with Gasteiger partial charge in [0.2, 0.25) is 0 Å². The molecule has 5 rings (SSSR count). The molecule has 1 N–H and O–H groups in total. The molecule has 0 atom stereocenters. The van der Waals surface area contributed by atoms with E-state index in [0.717, 1.165) is 56.5 Å². The zero-order chi connectivity index (χ0) is 26.7. The zero-order valence-electron chi connectivity index (χ0n) is 22.6. The van der Waals surface area contributed by atoms with Crippen LogP contribution in [0.5, 0.6) is 0 Å². The SMILES string of the molecule is C#Cc1ccc2c3c([nH]c2c1)C(C)(C)c1cc(N2CCN(C(=O)OC(C)(C)C)CC2)c(CC)cc1C3=O. The first-order valence-corrected chi connectivity index (χ1v) is 13.0. The van der Waals surface area contributed by atoms with Crippen molar-refractivity contribution in [1.29, 1.82) is 0 Å². The third kappa shape index (κ3) is 4.17. The van der Waals surface area contributed by atoms with Crippen LogP contribution in [-0.4, -0.2) is 53.5 Å². The summed E-state index contributed by atoms with van der Waals surface area (Å²) in [5.41, 5.74) is 6.53. The van der Waals surface area contributed by atoms with Crippen molar-refractivity contribution in [1.82, 2.24) is 9.88 Å². The maximum atomic E-state index is 13.9. The summed E-state index contributed by atoms with van der Waals surface area (Å²) in [5, 5.41) is 0.915. The van der Waals surface area contributed by atoms with Crippen molar-refractivity contribution < 1.29 is 14.3 Å². The third-order valence-electron chi connectivity index (χ3n) is 7.61. The van der Waals surface area contributed by atoms with Crippen molar-refractivity contribution >= 4 is 28.5 Å². The fourth-order valence-electron chi connectivity index (χ4n) is 5.63. The summed E-state index contributed by atoms with van der Waals surface area (Å²) in [7, 11) is 0. The number of H-pyrrole nitrogens is 1. The smallest absolute Gasteiger partial charge is 0.410 e. The Morgan fingerprint density at radius 2 is 1.84 bits per heavy atom. The summed E-state index contributed by atoms with van der Waals surface area (Å²) < 4.78 is 5.57. The highest BCUT2D eigenvalue weighted by Crippen LogP contribution is 2.45. The summed E-state index contributed by atoms with van der Waals surface area (Å²) in [6.07, 6.45) is 6.17. The first kappa shape index (κ1) is 25.0. The molecule has 6 nitrogen and oxygen atoms in total. The Kier molecular flexibility index (Phi) is 5.86. The van der Waals surface area contributed by atoms with Crippen molar-refractivity contribution in [3.05, 3.63) is 63.8 Å². The second-order valence-electron chi connectivity index (χ2n) is 11.6. The summed E-state index contributed by atoms with van der Waals surface area (Å²) in [6, 6.07) is 10.1. The lowest BCUT2D eigenvalue weighted by molar-refractivity contribution is 0.0240. The van der Waals surface area contributed by atoms with Crippen LogP contribution < -0.4 is 4.90 Å². The molecule has 0 radical (unpaired) electrons. The molecular weight excluding hydrogens is 462 g/mol. The minimum atomic E-state index is -0.510. The predicted octanol–water partition coefficient (Wildman–Crippen LogP) is 5.64. The second-order valence-corrected chi connectivity index (χ2v) is 11.6. The number of ether oxygens (including phenoxy) is 1. The molecule has 6 heteroatoms. The highest BCUT2D eigenvalue weighted by atomic mass is 16.6. The average molecular weight is 498 g/mol. The van der Waals surface area contributed by atoms with Gasteiger partial charge in [-0.3, -0.25) is 4.79 Å². The van der Waals surface area contributed by atoms with Crippen molar-refractivity contribution in [3.63, 3.8) is 0 Å². The number of nitrogens with one attached hydrogen (secondary N) is 1. The molecule has 1 aromatic heterocycles. The summed E-state index contributed by atoms with van der Waals surface area (Å²) >= 11 is 0. The van der Waals surface area contributed by atoms with Crippen LogP contribution in [0.1, 0.15) is 79.8 Å². The summed E-state index contributed by atoms with van der Waals surface area (Å²) in [6.45, 7) is 14.8. The van der Waals surface area contributed by atoms with Gasteiger partial charge in [0.05, 0.1) is 5.56 Å². The molecule has 1 amide bonds.